The Morgan fingerprint density at radius 2 is 2.25 bits per heavy atom. The summed E-state index contributed by atoms with van der Waals surface area (Å²) in [6, 6.07) is 0.648. The normalized spacial score (nSPS) is 52.9. The van der Waals surface area contributed by atoms with E-state index >= 15 is 0 Å². The summed E-state index contributed by atoms with van der Waals surface area (Å²) in [6.45, 7) is 1.05. The van der Waals surface area contributed by atoms with Gasteiger partial charge in [0.25, 0.3) is 0 Å². The van der Waals surface area contributed by atoms with E-state index in [-0.39, 0.29) is 6.10 Å². The van der Waals surface area contributed by atoms with Crippen molar-refractivity contribution in [2.24, 2.45) is 5.92 Å². The number of hydrogen-bond acceptors (Lipinski definition) is 2. The highest BCUT2D eigenvalue weighted by molar-refractivity contribution is 4.94. The molecule has 3 unspecified atom stereocenters. The molecule has 0 amide bonds. The van der Waals surface area contributed by atoms with E-state index in [9.17, 15) is 5.11 Å². The molecule has 2 heteroatoms. The van der Waals surface area contributed by atoms with Crippen molar-refractivity contribution >= 4 is 0 Å². The van der Waals surface area contributed by atoms with Crippen molar-refractivity contribution in [2.45, 2.75) is 25.0 Å². The highest BCUT2D eigenvalue weighted by Gasteiger charge is 2.37. The van der Waals surface area contributed by atoms with Gasteiger partial charge in [0.05, 0.1) is 6.10 Å². The zero-order chi connectivity index (χ0) is 5.56. The molecule has 1 aliphatic heterocycles. The summed E-state index contributed by atoms with van der Waals surface area (Å²) in [4.78, 5) is 0. The Hall–Kier alpha value is -0.0800. The average Bonchev–Trinajstić information content (AvgIpc) is 2.23. The lowest BCUT2D eigenvalue weighted by atomic mass is 10.1. The SMILES string of the molecule is OC1CC2CC1CN2. The number of aliphatic hydroxyl groups is 1. The van der Waals surface area contributed by atoms with Gasteiger partial charge in [0, 0.05) is 12.6 Å². The van der Waals surface area contributed by atoms with E-state index in [0.29, 0.717) is 12.0 Å². The molecule has 0 radical (unpaired) electrons. The monoisotopic (exact) mass is 113 g/mol. The van der Waals surface area contributed by atoms with Gasteiger partial charge in [-0.25, -0.2) is 0 Å². The second-order valence-corrected chi connectivity index (χ2v) is 2.90. The van der Waals surface area contributed by atoms with Crippen LogP contribution < -0.4 is 5.32 Å². The van der Waals surface area contributed by atoms with E-state index in [1.165, 1.54) is 6.42 Å². The largest absolute Gasteiger partial charge is 0.393 e. The van der Waals surface area contributed by atoms with Gasteiger partial charge in [-0.3, -0.25) is 0 Å². The van der Waals surface area contributed by atoms with Gasteiger partial charge in [-0.2, -0.15) is 0 Å². The molecule has 8 heavy (non-hydrogen) atoms. The Labute approximate surface area is 48.9 Å². The van der Waals surface area contributed by atoms with E-state index in [4.69, 9.17) is 0 Å². The Kier molecular flexibility index (Phi) is 0.866. The first-order valence-corrected chi connectivity index (χ1v) is 3.28. The lowest BCUT2D eigenvalue weighted by Crippen LogP contribution is -2.32. The first kappa shape index (κ1) is 4.77. The summed E-state index contributed by atoms with van der Waals surface area (Å²) in [5, 5.41) is 12.5. The molecule has 2 fully saturated rings. The van der Waals surface area contributed by atoms with Crippen LogP contribution in [-0.2, 0) is 0 Å². The number of aliphatic hydroxyl groups excluding tert-OH is 1. The first-order chi connectivity index (χ1) is 3.86. The van der Waals surface area contributed by atoms with Crippen LogP contribution in [0.4, 0.5) is 0 Å². The van der Waals surface area contributed by atoms with Gasteiger partial charge < -0.3 is 10.4 Å². The number of rotatable bonds is 0. The lowest BCUT2D eigenvalue weighted by Gasteiger charge is -2.15. The van der Waals surface area contributed by atoms with E-state index in [0.717, 1.165) is 13.0 Å². The minimum atomic E-state index is 0.0150. The van der Waals surface area contributed by atoms with Crippen LogP contribution in [-0.4, -0.2) is 23.8 Å². The molecule has 1 heterocycles. The van der Waals surface area contributed by atoms with Gasteiger partial charge in [-0.1, -0.05) is 0 Å². The van der Waals surface area contributed by atoms with E-state index in [1.807, 2.05) is 0 Å². The lowest BCUT2D eigenvalue weighted by molar-refractivity contribution is 0.121. The van der Waals surface area contributed by atoms with Crippen molar-refractivity contribution in [3.8, 4) is 0 Å². The summed E-state index contributed by atoms with van der Waals surface area (Å²) < 4.78 is 0. The fraction of sp³-hybridized carbons (Fsp3) is 1.00. The topological polar surface area (TPSA) is 32.3 Å². The van der Waals surface area contributed by atoms with Crippen LogP contribution in [0.15, 0.2) is 0 Å². The zero-order valence-electron chi connectivity index (χ0n) is 4.80. The predicted molar refractivity (Wildman–Crippen MR) is 30.5 cm³/mol. The summed E-state index contributed by atoms with van der Waals surface area (Å²) in [6.07, 6.45) is 2.22. The van der Waals surface area contributed by atoms with Crippen molar-refractivity contribution in [1.82, 2.24) is 5.32 Å². The second kappa shape index (κ2) is 1.45. The van der Waals surface area contributed by atoms with Crippen LogP contribution in [0.2, 0.25) is 0 Å². The van der Waals surface area contributed by atoms with Crippen LogP contribution in [0.25, 0.3) is 0 Å². The van der Waals surface area contributed by atoms with Crippen LogP contribution in [0, 0.1) is 5.92 Å². The Balaban J connectivity index is 2.11. The van der Waals surface area contributed by atoms with Crippen LogP contribution in [0.5, 0.6) is 0 Å². The molecule has 1 saturated carbocycles. The number of piperidine rings is 1. The van der Waals surface area contributed by atoms with Crippen molar-refractivity contribution < 1.29 is 5.11 Å². The molecular formula is C6H11NO. The van der Waals surface area contributed by atoms with Crippen molar-refractivity contribution in [3.63, 3.8) is 0 Å². The molecule has 3 atom stereocenters. The Bertz CT molecular complexity index is 103. The van der Waals surface area contributed by atoms with Crippen molar-refractivity contribution in [3.05, 3.63) is 0 Å². The molecule has 2 nitrogen and oxygen atoms in total. The predicted octanol–water partition coefficient (Wildman–Crippen LogP) is -0.271. The van der Waals surface area contributed by atoms with E-state index < -0.39 is 0 Å². The van der Waals surface area contributed by atoms with Gasteiger partial charge in [-0.05, 0) is 18.8 Å². The van der Waals surface area contributed by atoms with Crippen LogP contribution in [0.3, 0.4) is 0 Å². The number of nitrogens with one attached hydrogen (secondary N) is 1. The van der Waals surface area contributed by atoms with Crippen LogP contribution in [0.1, 0.15) is 12.8 Å². The fourth-order valence-corrected chi connectivity index (χ4v) is 1.81. The van der Waals surface area contributed by atoms with Gasteiger partial charge >= 0.3 is 0 Å². The summed E-state index contributed by atoms with van der Waals surface area (Å²) in [5.74, 6) is 0.583. The van der Waals surface area contributed by atoms with E-state index in [1.54, 1.807) is 0 Å². The molecule has 2 N–H and O–H groups in total. The molecule has 1 aliphatic carbocycles. The van der Waals surface area contributed by atoms with Crippen molar-refractivity contribution in [1.29, 1.82) is 0 Å². The minimum Gasteiger partial charge on any atom is -0.393 e. The molecule has 0 aromatic rings. The Morgan fingerprint density at radius 1 is 1.38 bits per heavy atom. The molecule has 0 aromatic carbocycles. The van der Waals surface area contributed by atoms with Crippen LogP contribution >= 0.6 is 0 Å². The fourth-order valence-electron chi connectivity index (χ4n) is 1.81. The number of hydrogen-bond donors (Lipinski definition) is 2. The molecular weight excluding hydrogens is 102 g/mol. The number of fused-ring (bicyclic) bond motifs is 2. The quantitative estimate of drug-likeness (QED) is 0.453. The summed E-state index contributed by atoms with van der Waals surface area (Å²) in [5.41, 5.74) is 0. The molecule has 1 saturated heterocycles. The third-order valence-electron chi connectivity index (χ3n) is 2.33. The first-order valence-electron chi connectivity index (χ1n) is 3.28. The molecule has 2 aliphatic rings. The molecule has 0 spiro atoms. The summed E-state index contributed by atoms with van der Waals surface area (Å²) in [7, 11) is 0. The van der Waals surface area contributed by atoms with Gasteiger partial charge in [0.2, 0.25) is 0 Å². The Morgan fingerprint density at radius 3 is 2.50 bits per heavy atom. The molecule has 0 aromatic heterocycles. The van der Waals surface area contributed by atoms with Crippen molar-refractivity contribution in [2.75, 3.05) is 6.54 Å². The average molecular weight is 113 g/mol. The highest BCUT2D eigenvalue weighted by Crippen LogP contribution is 2.30. The van der Waals surface area contributed by atoms with Gasteiger partial charge in [0.15, 0.2) is 0 Å². The third kappa shape index (κ3) is 0.501. The van der Waals surface area contributed by atoms with E-state index in [2.05, 4.69) is 5.32 Å². The maximum atomic E-state index is 9.18. The minimum absolute atomic E-state index is 0.0150. The third-order valence-corrected chi connectivity index (χ3v) is 2.33. The highest BCUT2D eigenvalue weighted by atomic mass is 16.3. The smallest absolute Gasteiger partial charge is 0.0595 e. The summed E-state index contributed by atoms with van der Waals surface area (Å²) >= 11 is 0. The maximum absolute atomic E-state index is 9.18. The molecule has 2 bridgehead atoms. The second-order valence-electron chi connectivity index (χ2n) is 2.90. The van der Waals surface area contributed by atoms with Gasteiger partial charge in [0.1, 0.15) is 0 Å². The maximum Gasteiger partial charge on any atom is 0.0595 e. The molecule has 2 rings (SSSR count). The standard InChI is InChI=1S/C6H11NO/c8-6-2-5-1-4(6)3-7-5/h4-8H,1-3H2. The zero-order valence-corrected chi connectivity index (χ0v) is 4.80. The molecule has 46 valence electrons. The van der Waals surface area contributed by atoms with Gasteiger partial charge in [-0.15, -0.1) is 0 Å².